The summed E-state index contributed by atoms with van der Waals surface area (Å²) < 4.78 is 12.5. The van der Waals surface area contributed by atoms with Gasteiger partial charge in [0.05, 0.1) is 28.5 Å². The summed E-state index contributed by atoms with van der Waals surface area (Å²) in [5.74, 6) is 6.79. The molecule has 4 unspecified atom stereocenters. The highest BCUT2D eigenvalue weighted by Crippen LogP contribution is 2.40. The van der Waals surface area contributed by atoms with Gasteiger partial charge < -0.3 is 19.0 Å². The minimum absolute atomic E-state index is 0.0109. The van der Waals surface area contributed by atoms with Crippen molar-refractivity contribution in [1.29, 1.82) is 0 Å². The molecular formula is C40H34N2O2S2. The van der Waals surface area contributed by atoms with Gasteiger partial charge in [0.2, 0.25) is 0 Å². The van der Waals surface area contributed by atoms with Crippen LogP contribution in [0.1, 0.15) is 6.42 Å². The van der Waals surface area contributed by atoms with Crippen molar-refractivity contribution in [3.8, 4) is 11.8 Å². The van der Waals surface area contributed by atoms with Gasteiger partial charge >= 0.3 is 0 Å². The van der Waals surface area contributed by atoms with E-state index >= 15 is 0 Å². The fraction of sp³-hybridized carbons (Fsp3) is 0.150. The number of thioether (sulfide) groups is 1. The van der Waals surface area contributed by atoms with E-state index in [-0.39, 0.29) is 22.8 Å². The van der Waals surface area contributed by atoms with Crippen molar-refractivity contribution in [3.63, 3.8) is 0 Å². The molecule has 0 amide bonds. The van der Waals surface area contributed by atoms with Crippen LogP contribution in [-0.4, -0.2) is 29.3 Å². The molecule has 4 atom stereocenters. The predicted molar refractivity (Wildman–Crippen MR) is 196 cm³/mol. The van der Waals surface area contributed by atoms with Gasteiger partial charge in [0.15, 0.2) is 6.10 Å². The fourth-order valence-corrected chi connectivity index (χ4v) is 8.18. The van der Waals surface area contributed by atoms with E-state index in [1.807, 2.05) is 36.0 Å². The Kier molecular flexibility index (Phi) is 8.87. The number of hydrogen-bond donors (Lipinski definition) is 0. The minimum atomic E-state index is -0.0621. The summed E-state index contributed by atoms with van der Waals surface area (Å²) in [6.45, 7) is 8.90. The molecule has 0 bridgehead atoms. The maximum Gasteiger partial charge on any atom is 0.173 e. The van der Waals surface area contributed by atoms with Crippen molar-refractivity contribution in [2.75, 3.05) is 16.3 Å². The Balaban J connectivity index is 1.14. The molecule has 2 aromatic carbocycles. The van der Waals surface area contributed by atoms with E-state index in [1.54, 1.807) is 23.9 Å². The van der Waals surface area contributed by atoms with Crippen molar-refractivity contribution in [3.05, 3.63) is 164 Å². The number of thiophene rings is 1. The van der Waals surface area contributed by atoms with Crippen LogP contribution in [0, 0.1) is 11.8 Å². The van der Waals surface area contributed by atoms with Crippen molar-refractivity contribution in [2.24, 2.45) is 0 Å². The number of para-hydroxylation sites is 2. The summed E-state index contributed by atoms with van der Waals surface area (Å²) in [5.41, 5.74) is 6.57. The van der Waals surface area contributed by atoms with Gasteiger partial charge in [0, 0.05) is 24.0 Å². The second kappa shape index (κ2) is 13.7. The molecule has 0 fully saturated rings. The van der Waals surface area contributed by atoms with Crippen LogP contribution in [0.25, 0.3) is 10.3 Å². The summed E-state index contributed by atoms with van der Waals surface area (Å²) in [6.07, 6.45) is 21.4. The van der Waals surface area contributed by atoms with E-state index in [4.69, 9.17) is 9.15 Å². The van der Waals surface area contributed by atoms with Crippen molar-refractivity contribution >= 4 is 49.8 Å². The molecule has 7 rings (SSSR count). The molecule has 46 heavy (non-hydrogen) atoms. The Morgan fingerprint density at radius 3 is 2.50 bits per heavy atom. The fourth-order valence-electron chi connectivity index (χ4n) is 5.91. The zero-order valence-corrected chi connectivity index (χ0v) is 27.0. The van der Waals surface area contributed by atoms with Gasteiger partial charge in [-0.15, -0.1) is 23.1 Å². The zero-order chi connectivity index (χ0) is 31.3. The van der Waals surface area contributed by atoms with Gasteiger partial charge in [0.1, 0.15) is 16.0 Å². The minimum Gasteiger partial charge on any atom is -0.484 e. The molecule has 0 spiro atoms. The number of hydrogen-bond acceptors (Lipinski definition) is 6. The van der Waals surface area contributed by atoms with Crippen LogP contribution in [0.15, 0.2) is 168 Å². The van der Waals surface area contributed by atoms with E-state index in [2.05, 4.69) is 132 Å². The van der Waals surface area contributed by atoms with Gasteiger partial charge in [0.25, 0.3) is 0 Å². The summed E-state index contributed by atoms with van der Waals surface area (Å²) in [5, 5.41) is 1.38. The lowest BCUT2D eigenvalue weighted by atomic mass is 9.94. The molecule has 3 aliphatic rings. The smallest absolute Gasteiger partial charge is 0.173 e. The Hall–Kier alpha value is -4.83. The quantitative estimate of drug-likeness (QED) is 0.120. The first-order valence-corrected chi connectivity index (χ1v) is 17.1. The first-order chi connectivity index (χ1) is 22.7. The van der Waals surface area contributed by atoms with Crippen LogP contribution < -0.4 is 9.80 Å². The highest BCUT2D eigenvalue weighted by atomic mass is 32.2. The van der Waals surface area contributed by atoms with Crippen molar-refractivity contribution < 1.29 is 9.15 Å². The van der Waals surface area contributed by atoms with E-state index in [0.29, 0.717) is 6.54 Å². The second-order valence-corrected chi connectivity index (χ2v) is 13.5. The molecule has 0 saturated heterocycles. The van der Waals surface area contributed by atoms with Gasteiger partial charge in [-0.1, -0.05) is 97.9 Å². The second-order valence-electron chi connectivity index (χ2n) is 11.1. The van der Waals surface area contributed by atoms with Gasteiger partial charge in [-0.05, 0) is 65.6 Å². The van der Waals surface area contributed by atoms with Gasteiger partial charge in [-0.2, -0.15) is 0 Å². The topological polar surface area (TPSA) is 28.9 Å². The Labute approximate surface area is 279 Å². The highest BCUT2D eigenvalue weighted by molar-refractivity contribution is 8.01. The van der Waals surface area contributed by atoms with E-state index < -0.39 is 0 Å². The Morgan fingerprint density at radius 1 is 0.978 bits per heavy atom. The van der Waals surface area contributed by atoms with Crippen LogP contribution in [0.2, 0.25) is 0 Å². The zero-order valence-electron chi connectivity index (χ0n) is 25.4. The SMILES string of the molecule is C=C/C=C(/C=C(/C=C)CN(c1ccccc1)C1C#CC2OC=CC2S1)C1=CCC(N(c2ccccc2)c2cc3occc3s2)C=C1. The van der Waals surface area contributed by atoms with Crippen LogP contribution in [0.4, 0.5) is 16.4 Å². The average molecular weight is 639 g/mol. The maximum absolute atomic E-state index is 5.71. The van der Waals surface area contributed by atoms with Gasteiger partial charge in [-0.25, -0.2) is 0 Å². The normalized spacial score (nSPS) is 22.0. The number of furan rings is 1. The number of allylic oxidation sites excluding steroid dienone is 6. The number of ether oxygens (including phenoxy) is 1. The van der Waals surface area contributed by atoms with Crippen LogP contribution >= 0.6 is 23.1 Å². The Bertz CT molecular complexity index is 1910. The lowest BCUT2D eigenvalue weighted by Gasteiger charge is -2.34. The molecule has 228 valence electrons. The number of rotatable bonds is 11. The first-order valence-electron chi connectivity index (χ1n) is 15.4. The van der Waals surface area contributed by atoms with E-state index in [9.17, 15) is 0 Å². The van der Waals surface area contributed by atoms with Gasteiger partial charge in [-0.3, -0.25) is 0 Å². The third kappa shape index (κ3) is 6.30. The predicted octanol–water partition coefficient (Wildman–Crippen LogP) is 9.98. The van der Waals surface area contributed by atoms with Crippen LogP contribution in [0.5, 0.6) is 0 Å². The standard InChI is InChI=1S/C40H34N2O2S2/c1-3-11-31(26-29(4-2)28-41(32-12-7-5-8-13-32)39-21-20-35-37(45-39)22-24-43-35)30-16-18-34(19-17-30)42(33-14-9-6-10-15-33)40-27-36-38(46-40)23-25-44-36/h3-18,22-27,34-35,37,39H,1-2,19,28H2/b29-26-,31-11-. The molecular weight excluding hydrogens is 605 g/mol. The molecule has 6 heteroatoms. The molecule has 0 N–H and O–H groups in total. The molecule has 4 nitrogen and oxygen atoms in total. The number of benzene rings is 2. The van der Waals surface area contributed by atoms with Crippen LogP contribution in [0.3, 0.4) is 0 Å². The Morgan fingerprint density at radius 2 is 1.78 bits per heavy atom. The lowest BCUT2D eigenvalue weighted by Crippen LogP contribution is -2.38. The average Bonchev–Trinajstić information content (AvgIpc) is 3.85. The number of fused-ring (bicyclic) bond motifs is 2. The molecule has 0 radical (unpaired) electrons. The lowest BCUT2D eigenvalue weighted by molar-refractivity contribution is 0.225. The maximum atomic E-state index is 5.71. The van der Waals surface area contributed by atoms with E-state index in [0.717, 1.165) is 44.8 Å². The molecule has 1 aliphatic carbocycles. The van der Waals surface area contributed by atoms with Crippen molar-refractivity contribution in [2.45, 2.75) is 29.2 Å². The largest absolute Gasteiger partial charge is 0.484 e. The van der Waals surface area contributed by atoms with E-state index in [1.165, 1.54) is 5.00 Å². The van der Waals surface area contributed by atoms with Crippen LogP contribution in [-0.2, 0) is 4.74 Å². The summed E-state index contributed by atoms with van der Waals surface area (Å²) in [6, 6.07) is 25.4. The third-order valence-electron chi connectivity index (χ3n) is 8.19. The van der Waals surface area contributed by atoms with Crippen molar-refractivity contribution in [1.82, 2.24) is 0 Å². The first kappa shape index (κ1) is 29.9. The molecule has 4 aromatic rings. The molecule has 4 heterocycles. The molecule has 0 saturated carbocycles. The molecule has 2 aromatic heterocycles. The monoisotopic (exact) mass is 638 g/mol. The summed E-state index contributed by atoms with van der Waals surface area (Å²) in [7, 11) is 0. The third-order valence-corrected chi connectivity index (χ3v) is 10.6. The highest BCUT2D eigenvalue weighted by Gasteiger charge is 2.32. The summed E-state index contributed by atoms with van der Waals surface area (Å²) in [4.78, 5) is 4.76. The number of nitrogens with zero attached hydrogens (tertiary/aromatic N) is 2. The number of anilines is 3. The molecule has 2 aliphatic heterocycles. The summed E-state index contributed by atoms with van der Waals surface area (Å²) >= 11 is 3.59.